The Morgan fingerprint density at radius 1 is 1.12 bits per heavy atom. The van der Waals surface area contributed by atoms with Crippen molar-refractivity contribution in [2.45, 2.75) is 26.4 Å². The van der Waals surface area contributed by atoms with Crippen molar-refractivity contribution in [3.63, 3.8) is 0 Å². The smallest absolute Gasteiger partial charge is 0.387 e. The maximum absolute atomic E-state index is 13.3. The molecule has 1 heterocycles. The number of benzene rings is 3. The third-order valence-electron chi connectivity index (χ3n) is 5.15. The number of aromatic hydroxyl groups is 1. The van der Waals surface area contributed by atoms with Crippen LogP contribution in [0.15, 0.2) is 48.7 Å². The summed E-state index contributed by atoms with van der Waals surface area (Å²) in [4.78, 5) is 11.0. The lowest BCUT2D eigenvalue weighted by molar-refractivity contribution is -0.136. The quantitative estimate of drug-likeness (QED) is 0.319. The Morgan fingerprint density at radius 2 is 1.82 bits per heavy atom. The number of rotatable bonds is 8. The number of hydrogen-bond acceptors (Lipinski definition) is 4. The molecule has 0 atom stereocenters. The Bertz CT molecular complexity index is 1350. The van der Waals surface area contributed by atoms with E-state index in [0.29, 0.717) is 40.8 Å². The van der Waals surface area contributed by atoms with Gasteiger partial charge in [0.25, 0.3) is 0 Å². The van der Waals surface area contributed by atoms with E-state index in [1.807, 2.05) is 6.92 Å². The van der Waals surface area contributed by atoms with Crippen LogP contribution in [0.5, 0.6) is 17.4 Å². The van der Waals surface area contributed by atoms with Crippen molar-refractivity contribution in [3.05, 3.63) is 59.2 Å². The molecule has 172 valence electrons. The molecule has 0 spiro atoms. The van der Waals surface area contributed by atoms with E-state index in [4.69, 9.17) is 26.2 Å². The largest absolute Gasteiger partial charge is 0.494 e. The van der Waals surface area contributed by atoms with Gasteiger partial charge >= 0.3 is 12.6 Å². The molecule has 2 N–H and O–H groups in total. The number of aromatic nitrogens is 1. The topological polar surface area (TPSA) is 80.9 Å². The van der Waals surface area contributed by atoms with Crippen molar-refractivity contribution in [1.29, 1.82) is 0 Å². The number of carboxylic acid groups (broad SMARTS) is 1. The molecule has 1 aromatic heterocycles. The minimum Gasteiger partial charge on any atom is -0.494 e. The van der Waals surface area contributed by atoms with Crippen LogP contribution in [-0.2, 0) is 11.2 Å². The highest BCUT2D eigenvalue weighted by molar-refractivity contribution is 6.32. The summed E-state index contributed by atoms with van der Waals surface area (Å²) in [5.41, 5.74) is 0.819. The summed E-state index contributed by atoms with van der Waals surface area (Å²) in [6.45, 7) is -0.802. The molecule has 4 aromatic rings. The van der Waals surface area contributed by atoms with Gasteiger partial charge in [-0.1, -0.05) is 48.9 Å². The second kappa shape index (κ2) is 9.15. The number of carbonyl (C=O) groups is 1. The predicted octanol–water partition coefficient (Wildman–Crippen LogP) is 6.16. The van der Waals surface area contributed by atoms with Crippen molar-refractivity contribution in [2.75, 3.05) is 6.61 Å². The number of halogens is 3. The van der Waals surface area contributed by atoms with Crippen LogP contribution in [0.4, 0.5) is 8.78 Å². The molecule has 9 heteroatoms. The second-order valence-corrected chi connectivity index (χ2v) is 7.81. The highest BCUT2D eigenvalue weighted by Crippen LogP contribution is 2.48. The molecule has 0 fully saturated rings. The first-order chi connectivity index (χ1) is 15.8. The number of aliphatic carboxylic acids is 1. The molecule has 0 saturated carbocycles. The molecule has 0 unspecified atom stereocenters. The first-order valence-electron chi connectivity index (χ1n) is 10.2. The Balaban J connectivity index is 2.02. The van der Waals surface area contributed by atoms with Gasteiger partial charge in [-0.15, -0.1) is 0 Å². The Kier molecular flexibility index (Phi) is 6.29. The molecule has 0 radical (unpaired) electrons. The summed E-state index contributed by atoms with van der Waals surface area (Å²) >= 11 is 6.39. The van der Waals surface area contributed by atoms with Crippen molar-refractivity contribution >= 4 is 39.1 Å². The zero-order valence-electron chi connectivity index (χ0n) is 17.5. The van der Waals surface area contributed by atoms with Crippen LogP contribution in [0, 0.1) is 0 Å². The van der Waals surface area contributed by atoms with Gasteiger partial charge in [-0.05, 0) is 24.1 Å². The molecule has 0 aliphatic rings. The van der Waals surface area contributed by atoms with Crippen molar-refractivity contribution < 1.29 is 33.3 Å². The molecule has 0 aliphatic heterocycles. The van der Waals surface area contributed by atoms with E-state index in [0.717, 1.165) is 0 Å². The van der Waals surface area contributed by atoms with Crippen LogP contribution < -0.4 is 9.47 Å². The fourth-order valence-corrected chi connectivity index (χ4v) is 4.13. The lowest BCUT2D eigenvalue weighted by Crippen LogP contribution is -2.04. The molecular formula is C24H20ClF2NO5. The number of carboxylic acids is 1. The van der Waals surface area contributed by atoms with Gasteiger partial charge in [0, 0.05) is 17.0 Å². The van der Waals surface area contributed by atoms with Gasteiger partial charge in [-0.2, -0.15) is 8.78 Å². The van der Waals surface area contributed by atoms with Gasteiger partial charge in [0.15, 0.2) is 0 Å². The average Bonchev–Trinajstić information content (AvgIpc) is 3.10. The summed E-state index contributed by atoms with van der Waals surface area (Å²) in [5.74, 6) is -1.02. The van der Waals surface area contributed by atoms with E-state index in [2.05, 4.69) is 0 Å². The Morgan fingerprint density at radius 3 is 2.42 bits per heavy atom. The van der Waals surface area contributed by atoms with Gasteiger partial charge in [-0.25, -0.2) is 0 Å². The summed E-state index contributed by atoms with van der Waals surface area (Å²) in [6.07, 6.45) is 1.93. The molecule has 6 nitrogen and oxygen atoms in total. The normalized spacial score (nSPS) is 11.4. The van der Waals surface area contributed by atoms with Crippen LogP contribution >= 0.6 is 11.6 Å². The van der Waals surface area contributed by atoms with Crippen molar-refractivity contribution in [3.8, 4) is 23.1 Å². The number of fused-ring (bicyclic) bond motifs is 2. The molecule has 33 heavy (non-hydrogen) atoms. The first-order valence-corrected chi connectivity index (χ1v) is 10.6. The van der Waals surface area contributed by atoms with Crippen LogP contribution in [0.1, 0.15) is 18.9 Å². The minimum atomic E-state index is -3.08. The van der Waals surface area contributed by atoms with Gasteiger partial charge < -0.3 is 19.7 Å². The number of alkyl halides is 2. The third-order valence-corrected chi connectivity index (χ3v) is 5.45. The standard InChI is InChI=1S/C24H20ClF2NO5/c1-2-9-32-22-15-6-4-3-5-14(15)21(33-24(26)27)16-12-28(23(31)20(16)22)18-8-7-13(10-17(18)25)11-19(29)30/h3-8,10,12,24,31H,2,9,11H2,1H3,(H,29,30). The first kappa shape index (κ1) is 22.7. The SMILES string of the molecule is CCCOc1c2ccccc2c(OC(F)F)c2cn(-c3ccc(CC(=O)O)cc3Cl)c(O)c12. The molecule has 0 bridgehead atoms. The average molecular weight is 476 g/mol. The van der Waals surface area contributed by atoms with Gasteiger partial charge in [-0.3, -0.25) is 9.36 Å². The third kappa shape index (κ3) is 4.26. The summed E-state index contributed by atoms with van der Waals surface area (Å²) in [7, 11) is 0. The summed E-state index contributed by atoms with van der Waals surface area (Å²) in [5, 5.41) is 21.7. The van der Waals surface area contributed by atoms with Gasteiger partial charge in [0.05, 0.1) is 34.5 Å². The lowest BCUT2D eigenvalue weighted by atomic mass is 10.0. The summed E-state index contributed by atoms with van der Waals surface area (Å²) in [6, 6.07) is 11.4. The van der Waals surface area contributed by atoms with Gasteiger partial charge in [0.2, 0.25) is 5.88 Å². The minimum absolute atomic E-state index is 0.0906. The van der Waals surface area contributed by atoms with Crippen molar-refractivity contribution in [1.82, 2.24) is 4.57 Å². The molecule has 0 aliphatic carbocycles. The van der Waals surface area contributed by atoms with Crippen LogP contribution in [-0.4, -0.2) is 34.0 Å². The van der Waals surface area contributed by atoms with E-state index in [1.165, 1.54) is 16.8 Å². The van der Waals surface area contributed by atoms with Crippen LogP contribution in [0.2, 0.25) is 5.02 Å². The number of ether oxygens (including phenoxy) is 2. The van der Waals surface area contributed by atoms with Crippen LogP contribution in [0.25, 0.3) is 27.2 Å². The number of hydrogen-bond donors (Lipinski definition) is 2. The Labute approximate surface area is 192 Å². The van der Waals surface area contributed by atoms with E-state index in [1.54, 1.807) is 36.4 Å². The monoisotopic (exact) mass is 475 g/mol. The highest BCUT2D eigenvalue weighted by atomic mass is 35.5. The summed E-state index contributed by atoms with van der Waals surface area (Å²) < 4.78 is 38.8. The van der Waals surface area contributed by atoms with Crippen molar-refractivity contribution in [2.24, 2.45) is 0 Å². The van der Waals surface area contributed by atoms with E-state index in [-0.39, 0.29) is 33.8 Å². The molecule has 0 amide bonds. The Hall–Kier alpha value is -3.52. The maximum atomic E-state index is 13.3. The zero-order chi connectivity index (χ0) is 23.7. The lowest BCUT2D eigenvalue weighted by Gasteiger charge is -2.15. The van der Waals surface area contributed by atoms with Crippen LogP contribution in [0.3, 0.4) is 0 Å². The predicted molar refractivity (Wildman–Crippen MR) is 121 cm³/mol. The fourth-order valence-electron chi connectivity index (χ4n) is 3.83. The van der Waals surface area contributed by atoms with Gasteiger partial charge in [0.1, 0.15) is 11.5 Å². The maximum Gasteiger partial charge on any atom is 0.387 e. The highest BCUT2D eigenvalue weighted by Gasteiger charge is 2.25. The second-order valence-electron chi connectivity index (χ2n) is 7.40. The van der Waals surface area contributed by atoms with E-state index < -0.39 is 12.6 Å². The molecule has 3 aromatic carbocycles. The fraction of sp³-hybridized carbons (Fsp3) is 0.208. The zero-order valence-corrected chi connectivity index (χ0v) is 18.3. The molecule has 0 saturated heterocycles. The molecule has 4 rings (SSSR count). The van der Waals surface area contributed by atoms with E-state index in [9.17, 15) is 18.7 Å². The number of nitrogens with zero attached hydrogens (tertiary/aromatic N) is 1. The van der Waals surface area contributed by atoms with E-state index >= 15 is 0 Å². The molecular weight excluding hydrogens is 456 g/mol.